The monoisotopic (exact) mass is 786 g/mol. The summed E-state index contributed by atoms with van der Waals surface area (Å²) >= 11 is 0. The summed E-state index contributed by atoms with van der Waals surface area (Å²) in [5, 5.41) is 34.1. The number of carbonyl (C=O) groups is 3. The van der Waals surface area contributed by atoms with Crippen molar-refractivity contribution in [2.75, 3.05) is 35.5 Å². The summed E-state index contributed by atoms with van der Waals surface area (Å²) in [6.07, 6.45) is 5.36. The smallest absolute Gasteiger partial charge is 0.342 e. The Morgan fingerprint density at radius 2 is 1.65 bits per heavy atom. The van der Waals surface area contributed by atoms with E-state index in [1.165, 1.54) is 34.5 Å². The Morgan fingerprint density at radius 3 is 2.30 bits per heavy atom. The molecule has 4 aromatic rings. The molecule has 1 aromatic heterocycles. The number of phenols is 2. The number of hydrogen-bond acceptors (Lipinski definition) is 13. The number of ketones is 1. The Bertz CT molecular complexity index is 2040. The third-order valence-electron chi connectivity index (χ3n) is 9.72. The molecule has 0 bridgehead atoms. The molecule has 1 amide bonds. The zero-order valence-corrected chi connectivity index (χ0v) is 33.0. The van der Waals surface area contributed by atoms with Crippen LogP contribution in [0.3, 0.4) is 0 Å². The van der Waals surface area contributed by atoms with E-state index in [0.717, 1.165) is 0 Å². The van der Waals surface area contributed by atoms with Gasteiger partial charge in [0.1, 0.15) is 41.2 Å². The molecule has 0 aliphatic carbocycles. The highest BCUT2D eigenvalue weighted by atomic mass is 16.5. The quantitative estimate of drug-likeness (QED) is 0.110. The van der Waals surface area contributed by atoms with Gasteiger partial charge in [-0.15, -0.1) is 0 Å². The molecule has 304 valence electrons. The summed E-state index contributed by atoms with van der Waals surface area (Å²) in [6.45, 7) is 1.88. The van der Waals surface area contributed by atoms with Crippen LogP contribution in [0.4, 0.5) is 0 Å². The van der Waals surface area contributed by atoms with Crippen molar-refractivity contribution < 1.29 is 53.0 Å². The lowest BCUT2D eigenvalue weighted by atomic mass is 9.84. The third-order valence-corrected chi connectivity index (χ3v) is 9.72. The van der Waals surface area contributed by atoms with Gasteiger partial charge in [0.2, 0.25) is 11.7 Å². The van der Waals surface area contributed by atoms with Crippen molar-refractivity contribution in [3.8, 4) is 34.5 Å². The Labute approximate surface area is 331 Å². The van der Waals surface area contributed by atoms with E-state index in [9.17, 15) is 24.6 Å². The van der Waals surface area contributed by atoms with Crippen molar-refractivity contribution in [2.24, 2.45) is 0 Å². The Morgan fingerprint density at radius 1 is 0.947 bits per heavy atom. The molecule has 0 saturated heterocycles. The molecule has 15 heteroatoms. The van der Waals surface area contributed by atoms with Crippen LogP contribution in [0.2, 0.25) is 0 Å². The molecule has 2 unspecified atom stereocenters. The van der Waals surface area contributed by atoms with Gasteiger partial charge >= 0.3 is 5.97 Å². The highest BCUT2D eigenvalue weighted by molar-refractivity contribution is 5.98. The minimum Gasteiger partial charge on any atom is -0.507 e. The molecule has 4 N–H and O–H groups in total. The number of fused-ring (bicyclic) bond motifs is 1. The maximum Gasteiger partial charge on any atom is 0.342 e. The Balaban J connectivity index is 1.64. The van der Waals surface area contributed by atoms with Gasteiger partial charge in [0.15, 0.2) is 23.1 Å². The number of Topliss-reactive ketones (excluding diaryl/α,β-unsaturated/α-hetero) is 1. The lowest BCUT2D eigenvalue weighted by molar-refractivity contribution is -0.122. The van der Waals surface area contributed by atoms with E-state index in [1.54, 1.807) is 62.6 Å². The molecule has 1 aliphatic rings. The number of allylic oxidation sites excluding steroid dienone is 1. The maximum absolute atomic E-state index is 14.4. The largest absolute Gasteiger partial charge is 0.507 e. The molecule has 3 aromatic carbocycles. The lowest BCUT2D eigenvalue weighted by Crippen LogP contribution is -2.31. The summed E-state index contributed by atoms with van der Waals surface area (Å²) in [5.74, 6) is -1.16. The van der Waals surface area contributed by atoms with E-state index in [-0.39, 0.29) is 64.3 Å². The summed E-state index contributed by atoms with van der Waals surface area (Å²) in [7, 11) is 7.41. The number of esters is 1. The number of ether oxygens (including phenoxy) is 6. The van der Waals surface area contributed by atoms with E-state index >= 15 is 0 Å². The number of amides is 1. The van der Waals surface area contributed by atoms with Crippen molar-refractivity contribution in [3.05, 3.63) is 88.0 Å². The number of hydrogen-bond donors (Lipinski definition) is 4. The molecule has 5 rings (SSSR count). The lowest BCUT2D eigenvalue weighted by Gasteiger charge is -2.25. The van der Waals surface area contributed by atoms with Crippen LogP contribution in [0.1, 0.15) is 108 Å². The van der Waals surface area contributed by atoms with Gasteiger partial charge in [-0.2, -0.15) is 5.10 Å². The number of nitrogens with zero attached hydrogens (tertiary/aromatic N) is 2. The van der Waals surface area contributed by atoms with Crippen LogP contribution in [0, 0.1) is 0 Å². The van der Waals surface area contributed by atoms with Crippen LogP contribution >= 0.6 is 0 Å². The fraction of sp³-hybridized carbons (Fsp3) is 0.405. The minimum absolute atomic E-state index is 0.107. The first-order chi connectivity index (χ1) is 27.5. The van der Waals surface area contributed by atoms with Crippen molar-refractivity contribution in [1.29, 1.82) is 0 Å². The molecule has 0 radical (unpaired) electrons. The van der Waals surface area contributed by atoms with E-state index in [4.69, 9.17) is 28.4 Å². The number of benzene rings is 3. The maximum atomic E-state index is 14.4. The standard InChI is InChI=1S/C42H50N4O11/c1-24-11-10-14-28(47)13-9-7-8-12-26-19-31(48)37(39(50)36(26)42(51)57-24)30(27-20-32(54-4)40(56-6)33(21-27)55-5)22-35(49)44-38(25-15-17-29(53-3)18-16-25)41-43-34(23-52-2)45-46-41/h8,12,15-21,24,30,38,48,50H,7,9-11,13-14,22-23H2,1-6H3,(H,44,49)(H,43,45,46)/b12-8+/t24-,30?,38?/m0/s1. The average molecular weight is 787 g/mol. The van der Waals surface area contributed by atoms with Crippen LogP contribution in [-0.4, -0.2) is 84.7 Å². The first-order valence-corrected chi connectivity index (χ1v) is 18.6. The molecular weight excluding hydrogens is 736 g/mol. The molecule has 0 spiro atoms. The van der Waals surface area contributed by atoms with Crippen LogP contribution in [-0.2, 0) is 25.7 Å². The molecule has 57 heavy (non-hydrogen) atoms. The SMILES string of the molecule is COCc1nc(C(NC(=O)CC(c2cc(OC)c(OC)c(OC)c2)c2c(O)cc3c(c2O)C(=O)O[C@@H](C)CCCC(=O)CCC/C=C/3)c2ccc(OC)cc2)n[nH]1. The second-order valence-electron chi connectivity index (χ2n) is 13.6. The number of methoxy groups -OCH3 is 5. The van der Waals surface area contributed by atoms with Crippen molar-refractivity contribution in [3.63, 3.8) is 0 Å². The fourth-order valence-electron chi connectivity index (χ4n) is 6.85. The topological polar surface area (TPSA) is 201 Å². The van der Waals surface area contributed by atoms with Crippen LogP contribution < -0.4 is 24.3 Å². The number of aromatic hydroxyl groups is 2. The zero-order chi connectivity index (χ0) is 41.1. The van der Waals surface area contributed by atoms with Crippen molar-refractivity contribution in [1.82, 2.24) is 20.5 Å². The number of H-pyrrole nitrogens is 1. The van der Waals surface area contributed by atoms with Crippen molar-refractivity contribution in [2.45, 2.75) is 76.5 Å². The highest BCUT2D eigenvalue weighted by Crippen LogP contribution is 2.48. The molecule has 15 nitrogen and oxygen atoms in total. The zero-order valence-electron chi connectivity index (χ0n) is 33.0. The molecule has 1 aliphatic heterocycles. The average Bonchev–Trinajstić information content (AvgIpc) is 3.66. The van der Waals surface area contributed by atoms with Crippen LogP contribution in [0.25, 0.3) is 6.08 Å². The van der Waals surface area contributed by atoms with Gasteiger partial charge in [-0.1, -0.05) is 24.3 Å². The van der Waals surface area contributed by atoms with Crippen LogP contribution in [0.5, 0.6) is 34.5 Å². The van der Waals surface area contributed by atoms with Crippen LogP contribution in [0.15, 0.2) is 48.5 Å². The third kappa shape index (κ3) is 10.2. The van der Waals surface area contributed by atoms with Gasteiger partial charge in [-0.25, -0.2) is 9.78 Å². The number of aromatic amines is 1. The normalized spacial score (nSPS) is 16.6. The molecule has 2 heterocycles. The summed E-state index contributed by atoms with van der Waals surface area (Å²) in [5.41, 5.74) is 0.942. The van der Waals surface area contributed by atoms with E-state index in [2.05, 4.69) is 20.5 Å². The van der Waals surface area contributed by atoms with Gasteiger partial charge in [-0.3, -0.25) is 14.7 Å². The van der Waals surface area contributed by atoms with E-state index in [0.29, 0.717) is 61.2 Å². The number of nitrogens with one attached hydrogen (secondary N) is 2. The second kappa shape index (κ2) is 19.7. The first-order valence-electron chi connectivity index (χ1n) is 18.6. The highest BCUT2D eigenvalue weighted by Gasteiger charge is 2.33. The number of cyclic esters (lactones) is 1. The predicted octanol–water partition coefficient (Wildman–Crippen LogP) is 6.31. The second-order valence-corrected chi connectivity index (χ2v) is 13.6. The fourth-order valence-corrected chi connectivity index (χ4v) is 6.85. The number of rotatable bonds is 13. The number of phenolic OH excluding ortho intramolecular Hbond substituents is 2. The number of carbonyl (C=O) groups excluding carboxylic acids is 3. The van der Waals surface area contributed by atoms with Gasteiger partial charge in [-0.05, 0) is 79.6 Å². The summed E-state index contributed by atoms with van der Waals surface area (Å²) in [6, 6.07) is 10.8. The molecule has 0 fully saturated rings. The van der Waals surface area contributed by atoms with Gasteiger partial charge < -0.3 is 44.0 Å². The summed E-state index contributed by atoms with van der Waals surface area (Å²) in [4.78, 5) is 45.2. The Kier molecular flexibility index (Phi) is 14.5. The van der Waals surface area contributed by atoms with E-state index in [1.807, 2.05) is 0 Å². The number of aromatic nitrogens is 3. The van der Waals surface area contributed by atoms with Gasteiger partial charge in [0.25, 0.3) is 0 Å². The molecule has 0 saturated carbocycles. The van der Waals surface area contributed by atoms with Gasteiger partial charge in [0.05, 0.1) is 34.5 Å². The van der Waals surface area contributed by atoms with Gasteiger partial charge in [0, 0.05) is 37.9 Å². The predicted molar refractivity (Wildman–Crippen MR) is 209 cm³/mol. The van der Waals surface area contributed by atoms with Crippen molar-refractivity contribution >= 4 is 23.7 Å². The summed E-state index contributed by atoms with van der Waals surface area (Å²) < 4.78 is 33.2. The first kappa shape index (κ1) is 42.1. The van der Waals surface area contributed by atoms with E-state index < -0.39 is 35.7 Å². The molecule has 3 atom stereocenters. The Hall–Kier alpha value is -6.09. The molecular formula is C42H50N4O11. The minimum atomic E-state index is -1.11.